The van der Waals surface area contributed by atoms with Crippen molar-refractivity contribution in [2.75, 3.05) is 12.0 Å². The van der Waals surface area contributed by atoms with Gasteiger partial charge in [-0.1, -0.05) is 52.1 Å². The third kappa shape index (κ3) is 3.97. The molecule has 0 aliphatic carbocycles. The summed E-state index contributed by atoms with van der Waals surface area (Å²) in [6.07, 6.45) is 3.43. The van der Waals surface area contributed by atoms with Crippen LogP contribution in [0.1, 0.15) is 5.56 Å². The molecule has 4 nitrogen and oxygen atoms in total. The zero-order valence-corrected chi connectivity index (χ0v) is 14.6. The molecule has 0 fully saturated rings. The van der Waals surface area contributed by atoms with Gasteiger partial charge in [0.1, 0.15) is 12.4 Å². The van der Waals surface area contributed by atoms with E-state index in [1.165, 1.54) is 0 Å². The Balaban J connectivity index is 1.76. The highest BCUT2D eigenvalue weighted by atomic mass is 79.9. The zero-order valence-electron chi connectivity index (χ0n) is 12.2. The van der Waals surface area contributed by atoms with Gasteiger partial charge in [-0.2, -0.15) is 5.10 Å². The summed E-state index contributed by atoms with van der Waals surface area (Å²) in [4.78, 5) is 4.47. The molecular formula is C17H14BrN3OS. The number of benzene rings is 2. The van der Waals surface area contributed by atoms with Gasteiger partial charge in [0.05, 0.1) is 16.4 Å². The van der Waals surface area contributed by atoms with Gasteiger partial charge < -0.3 is 4.74 Å². The number of rotatable bonds is 6. The van der Waals surface area contributed by atoms with Crippen molar-refractivity contribution < 1.29 is 4.74 Å². The van der Waals surface area contributed by atoms with Crippen LogP contribution in [0, 0.1) is 0 Å². The largest absolute Gasteiger partial charge is 0.489 e. The summed E-state index contributed by atoms with van der Waals surface area (Å²) < 4.78 is 7.71. The van der Waals surface area contributed by atoms with Crippen molar-refractivity contribution in [3.05, 3.63) is 65.2 Å². The molecule has 0 aliphatic rings. The van der Waals surface area contributed by atoms with Crippen LogP contribution in [0.3, 0.4) is 0 Å². The molecule has 0 saturated heterocycles. The average molecular weight is 388 g/mol. The summed E-state index contributed by atoms with van der Waals surface area (Å²) in [7, 11) is 0. The first-order chi connectivity index (χ1) is 11.3. The predicted octanol–water partition coefficient (Wildman–Crippen LogP) is 5.07. The number of ether oxygens (including phenoxy) is 1. The van der Waals surface area contributed by atoms with Gasteiger partial charge in [0, 0.05) is 10.0 Å². The summed E-state index contributed by atoms with van der Waals surface area (Å²) in [6.45, 7) is 4.11. The van der Waals surface area contributed by atoms with Crippen molar-refractivity contribution in [2.24, 2.45) is 5.10 Å². The second kappa shape index (κ2) is 7.39. The van der Waals surface area contributed by atoms with Gasteiger partial charge in [0.2, 0.25) is 5.13 Å². The van der Waals surface area contributed by atoms with Gasteiger partial charge in [-0.3, -0.25) is 5.43 Å². The Labute approximate surface area is 146 Å². The number of nitrogens with one attached hydrogen (secondary N) is 1. The number of thiazole rings is 1. The Morgan fingerprint density at radius 2 is 2.17 bits per heavy atom. The Morgan fingerprint density at radius 3 is 3.00 bits per heavy atom. The van der Waals surface area contributed by atoms with E-state index in [2.05, 4.69) is 38.0 Å². The molecule has 1 N–H and O–H groups in total. The number of fused-ring (bicyclic) bond motifs is 1. The monoisotopic (exact) mass is 387 g/mol. The fourth-order valence-corrected chi connectivity index (χ4v) is 3.17. The summed E-state index contributed by atoms with van der Waals surface area (Å²) in [5, 5.41) is 5.02. The molecule has 0 bridgehead atoms. The Morgan fingerprint density at radius 1 is 1.30 bits per heavy atom. The molecule has 0 spiro atoms. The fourth-order valence-electron chi connectivity index (χ4n) is 1.98. The molecule has 1 heterocycles. The van der Waals surface area contributed by atoms with E-state index in [4.69, 9.17) is 4.74 Å². The summed E-state index contributed by atoms with van der Waals surface area (Å²) in [6, 6.07) is 13.8. The lowest BCUT2D eigenvalue weighted by atomic mass is 10.2. The highest BCUT2D eigenvalue weighted by molar-refractivity contribution is 9.10. The number of nitrogens with zero attached hydrogens (tertiary/aromatic N) is 2. The average Bonchev–Trinajstić information content (AvgIpc) is 2.97. The normalized spacial score (nSPS) is 11.0. The van der Waals surface area contributed by atoms with Crippen LogP contribution < -0.4 is 10.2 Å². The molecule has 3 aromatic rings. The zero-order chi connectivity index (χ0) is 16.1. The number of aromatic nitrogens is 1. The molecule has 23 heavy (non-hydrogen) atoms. The van der Waals surface area contributed by atoms with E-state index >= 15 is 0 Å². The maximum atomic E-state index is 5.62. The van der Waals surface area contributed by atoms with Crippen molar-refractivity contribution in [1.29, 1.82) is 0 Å². The van der Waals surface area contributed by atoms with Crippen LogP contribution >= 0.6 is 27.3 Å². The molecule has 0 unspecified atom stereocenters. The van der Waals surface area contributed by atoms with Crippen LogP contribution in [0.4, 0.5) is 5.13 Å². The van der Waals surface area contributed by atoms with Crippen LogP contribution in [0.5, 0.6) is 5.75 Å². The van der Waals surface area contributed by atoms with Crippen LogP contribution in [0.2, 0.25) is 0 Å². The van der Waals surface area contributed by atoms with E-state index in [-0.39, 0.29) is 0 Å². The number of hydrogen-bond donors (Lipinski definition) is 1. The van der Waals surface area contributed by atoms with Crippen molar-refractivity contribution in [3.8, 4) is 5.75 Å². The number of para-hydroxylation sites is 1. The van der Waals surface area contributed by atoms with Crippen molar-refractivity contribution in [1.82, 2.24) is 4.98 Å². The second-order valence-corrected chi connectivity index (χ2v) is 6.58. The van der Waals surface area contributed by atoms with Gasteiger partial charge in [-0.25, -0.2) is 4.98 Å². The first-order valence-electron chi connectivity index (χ1n) is 6.94. The maximum Gasteiger partial charge on any atom is 0.204 e. The minimum absolute atomic E-state index is 0.452. The first kappa shape index (κ1) is 15.7. The minimum Gasteiger partial charge on any atom is -0.489 e. The van der Waals surface area contributed by atoms with Crippen LogP contribution in [-0.2, 0) is 0 Å². The molecule has 3 rings (SSSR count). The van der Waals surface area contributed by atoms with Crippen molar-refractivity contribution >= 4 is 48.8 Å². The fraction of sp³-hybridized carbons (Fsp3) is 0.0588. The molecule has 1 aromatic heterocycles. The molecule has 2 aromatic carbocycles. The molecule has 6 heteroatoms. The molecule has 0 aliphatic heterocycles. The third-order valence-corrected chi connectivity index (χ3v) is 4.42. The summed E-state index contributed by atoms with van der Waals surface area (Å²) >= 11 is 5.02. The standard InChI is InChI=1S/C17H14BrN3OS/c1-2-9-22-15-8-7-13(18)10-12(15)11-19-21-17-20-14-5-3-4-6-16(14)23-17/h2-8,10-11H,1,9H2,(H,20,21)/b19-11+. The molecule has 0 saturated carbocycles. The van der Waals surface area contributed by atoms with Crippen molar-refractivity contribution in [2.45, 2.75) is 0 Å². The highest BCUT2D eigenvalue weighted by Crippen LogP contribution is 2.25. The molecule has 0 amide bonds. The topological polar surface area (TPSA) is 46.5 Å². The van der Waals surface area contributed by atoms with Crippen LogP contribution in [-0.4, -0.2) is 17.8 Å². The lowest BCUT2D eigenvalue weighted by molar-refractivity contribution is 0.362. The van der Waals surface area contributed by atoms with E-state index in [0.717, 1.165) is 31.1 Å². The smallest absolute Gasteiger partial charge is 0.204 e. The summed E-state index contributed by atoms with van der Waals surface area (Å²) in [5.74, 6) is 0.753. The lowest BCUT2D eigenvalue weighted by Gasteiger charge is -2.07. The Kier molecular flexibility index (Phi) is 5.05. The van der Waals surface area contributed by atoms with Gasteiger partial charge in [0.25, 0.3) is 0 Å². The Bertz CT molecular complexity index is 827. The molecular weight excluding hydrogens is 374 g/mol. The van der Waals surface area contributed by atoms with E-state index in [1.54, 1.807) is 23.6 Å². The van der Waals surface area contributed by atoms with Gasteiger partial charge in [-0.15, -0.1) is 0 Å². The Hall–Kier alpha value is -2.18. The summed E-state index contributed by atoms with van der Waals surface area (Å²) in [5.41, 5.74) is 4.81. The van der Waals surface area contributed by atoms with E-state index in [1.807, 2.05) is 42.5 Å². The van der Waals surface area contributed by atoms with E-state index in [9.17, 15) is 0 Å². The molecule has 116 valence electrons. The van der Waals surface area contributed by atoms with Crippen LogP contribution in [0.15, 0.2) is 64.7 Å². The first-order valence-corrected chi connectivity index (χ1v) is 8.55. The molecule has 0 radical (unpaired) electrons. The lowest BCUT2D eigenvalue weighted by Crippen LogP contribution is -1.98. The highest BCUT2D eigenvalue weighted by Gasteiger charge is 2.03. The van der Waals surface area contributed by atoms with E-state index in [0.29, 0.717) is 6.61 Å². The minimum atomic E-state index is 0.452. The number of halogens is 1. The third-order valence-electron chi connectivity index (χ3n) is 2.99. The predicted molar refractivity (Wildman–Crippen MR) is 101 cm³/mol. The quantitative estimate of drug-likeness (QED) is 0.364. The number of hydrazone groups is 1. The van der Waals surface area contributed by atoms with Crippen molar-refractivity contribution in [3.63, 3.8) is 0 Å². The van der Waals surface area contributed by atoms with Crippen LogP contribution in [0.25, 0.3) is 10.2 Å². The SMILES string of the molecule is C=CCOc1ccc(Br)cc1/C=N/Nc1nc2ccccc2s1. The number of anilines is 1. The molecule has 0 atom stereocenters. The van der Waals surface area contributed by atoms with Gasteiger partial charge in [-0.05, 0) is 30.3 Å². The number of hydrogen-bond acceptors (Lipinski definition) is 5. The maximum absolute atomic E-state index is 5.62. The second-order valence-electron chi connectivity index (χ2n) is 4.64. The van der Waals surface area contributed by atoms with Gasteiger partial charge >= 0.3 is 0 Å². The van der Waals surface area contributed by atoms with E-state index < -0.39 is 0 Å². The van der Waals surface area contributed by atoms with Gasteiger partial charge in [0.15, 0.2) is 0 Å².